The van der Waals surface area contributed by atoms with Crippen molar-refractivity contribution in [1.29, 1.82) is 0 Å². The summed E-state index contributed by atoms with van der Waals surface area (Å²) in [5.41, 5.74) is 7.42. The Balaban J connectivity index is 2.11. The van der Waals surface area contributed by atoms with E-state index in [0.29, 0.717) is 11.6 Å². The molecule has 0 spiro atoms. The van der Waals surface area contributed by atoms with Crippen LogP contribution in [-0.2, 0) is 11.8 Å². The van der Waals surface area contributed by atoms with Crippen molar-refractivity contribution in [3.63, 3.8) is 0 Å². The van der Waals surface area contributed by atoms with Gasteiger partial charge in [0, 0.05) is 6.04 Å². The average molecular weight is 284 g/mol. The first-order chi connectivity index (χ1) is 8.77. The van der Waals surface area contributed by atoms with Gasteiger partial charge in [-0.3, -0.25) is 0 Å². The molecule has 0 heterocycles. The highest BCUT2D eigenvalue weighted by atomic mass is 35.5. The molecule has 0 atom stereocenters. The number of benzene rings is 1. The normalized spacial score (nSPS) is 23.3. The van der Waals surface area contributed by atoms with Gasteiger partial charge in [0.15, 0.2) is 0 Å². The molecule has 1 aliphatic carbocycles. The fourth-order valence-electron chi connectivity index (χ4n) is 2.73. The zero-order chi connectivity index (χ0) is 14.2. The van der Waals surface area contributed by atoms with Gasteiger partial charge in [-0.05, 0) is 54.2 Å². The Kier molecular flexibility index (Phi) is 4.22. The van der Waals surface area contributed by atoms with Gasteiger partial charge in [0.2, 0.25) is 0 Å². The van der Waals surface area contributed by atoms with Crippen molar-refractivity contribution in [2.75, 3.05) is 0 Å². The summed E-state index contributed by atoms with van der Waals surface area (Å²) in [4.78, 5) is 0. The lowest BCUT2D eigenvalue weighted by molar-refractivity contribution is 0.250. The van der Waals surface area contributed by atoms with Crippen molar-refractivity contribution in [1.82, 2.24) is 0 Å². The minimum absolute atomic E-state index is 0.220. The summed E-state index contributed by atoms with van der Waals surface area (Å²) >= 11 is 6.02. The first-order valence-corrected chi connectivity index (χ1v) is 7.39. The molecular formula is C16H23ClFN. The number of rotatable bonds is 3. The number of hydrogen-bond acceptors (Lipinski definition) is 1. The first kappa shape index (κ1) is 14.8. The number of aryl methyl sites for hydroxylation is 1. The second-order valence-corrected chi connectivity index (χ2v) is 7.23. The van der Waals surface area contributed by atoms with Crippen molar-refractivity contribution < 1.29 is 4.39 Å². The number of hydrogen-bond donors (Lipinski definition) is 1. The Labute approximate surface area is 120 Å². The van der Waals surface area contributed by atoms with Gasteiger partial charge >= 0.3 is 0 Å². The molecule has 106 valence electrons. The maximum absolute atomic E-state index is 14.1. The van der Waals surface area contributed by atoms with Crippen LogP contribution in [0.25, 0.3) is 0 Å². The van der Waals surface area contributed by atoms with Gasteiger partial charge in [-0.15, -0.1) is 0 Å². The van der Waals surface area contributed by atoms with E-state index < -0.39 is 0 Å². The van der Waals surface area contributed by atoms with Crippen LogP contribution in [-0.4, -0.2) is 6.04 Å². The quantitative estimate of drug-likeness (QED) is 0.871. The molecule has 1 aromatic carbocycles. The molecule has 2 rings (SSSR count). The fraction of sp³-hybridized carbons (Fsp3) is 0.625. The summed E-state index contributed by atoms with van der Waals surface area (Å²) in [6.07, 6.45) is 4.34. The molecule has 1 nitrogen and oxygen atoms in total. The van der Waals surface area contributed by atoms with Crippen LogP contribution in [0.3, 0.4) is 0 Å². The van der Waals surface area contributed by atoms with E-state index in [2.05, 4.69) is 0 Å². The molecular weight excluding hydrogens is 261 g/mol. The highest BCUT2D eigenvalue weighted by Gasteiger charge is 2.26. The molecule has 1 fully saturated rings. The van der Waals surface area contributed by atoms with Gasteiger partial charge in [0.1, 0.15) is 5.82 Å². The Morgan fingerprint density at radius 3 is 2.47 bits per heavy atom. The molecule has 3 heteroatoms. The predicted octanol–water partition coefficient (Wildman–Crippen LogP) is 4.45. The van der Waals surface area contributed by atoms with Crippen LogP contribution in [0.1, 0.15) is 51.2 Å². The predicted molar refractivity (Wildman–Crippen MR) is 79.1 cm³/mol. The third-order valence-electron chi connectivity index (χ3n) is 4.01. The lowest BCUT2D eigenvalue weighted by Crippen LogP contribution is -2.36. The van der Waals surface area contributed by atoms with Crippen LogP contribution >= 0.6 is 11.6 Å². The first-order valence-electron chi connectivity index (χ1n) is 7.01. The number of halogens is 2. The summed E-state index contributed by atoms with van der Waals surface area (Å²) in [7, 11) is 0. The van der Waals surface area contributed by atoms with E-state index in [-0.39, 0.29) is 16.3 Å². The van der Waals surface area contributed by atoms with E-state index in [0.717, 1.165) is 37.2 Å². The fourth-order valence-corrected chi connectivity index (χ4v) is 2.97. The summed E-state index contributed by atoms with van der Waals surface area (Å²) in [6.45, 7) is 6.03. The highest BCUT2D eigenvalue weighted by Crippen LogP contribution is 2.33. The molecule has 2 N–H and O–H groups in total. The topological polar surface area (TPSA) is 26.0 Å². The minimum atomic E-state index is -0.274. The lowest BCUT2D eigenvalue weighted by Gasteiger charge is -2.32. The Bertz CT molecular complexity index is 459. The lowest BCUT2D eigenvalue weighted by atomic mass is 9.77. The second-order valence-electron chi connectivity index (χ2n) is 6.83. The number of nitrogens with two attached hydrogens (primary N) is 1. The molecule has 0 bridgehead atoms. The van der Waals surface area contributed by atoms with Gasteiger partial charge in [0.05, 0.1) is 5.02 Å². The van der Waals surface area contributed by atoms with Crippen molar-refractivity contribution in [2.45, 2.75) is 57.9 Å². The smallest absolute Gasteiger partial charge is 0.145 e. The Hall–Kier alpha value is -0.600. The summed E-state index contributed by atoms with van der Waals surface area (Å²) < 4.78 is 14.1. The molecule has 0 aromatic heterocycles. The van der Waals surface area contributed by atoms with E-state index in [1.54, 1.807) is 6.07 Å². The van der Waals surface area contributed by atoms with Crippen molar-refractivity contribution in [2.24, 2.45) is 11.7 Å². The summed E-state index contributed by atoms with van der Waals surface area (Å²) in [6, 6.07) is 4.14. The van der Waals surface area contributed by atoms with E-state index in [1.807, 2.05) is 26.8 Å². The van der Waals surface area contributed by atoms with Crippen molar-refractivity contribution in [3.8, 4) is 0 Å². The summed E-state index contributed by atoms with van der Waals surface area (Å²) in [5, 5.41) is 0.243. The second kappa shape index (κ2) is 5.41. The maximum Gasteiger partial charge on any atom is 0.145 e. The van der Waals surface area contributed by atoms with Gasteiger partial charge in [-0.2, -0.15) is 0 Å². The van der Waals surface area contributed by atoms with Crippen LogP contribution < -0.4 is 5.73 Å². The van der Waals surface area contributed by atoms with E-state index >= 15 is 0 Å². The Morgan fingerprint density at radius 2 is 1.95 bits per heavy atom. The van der Waals surface area contributed by atoms with E-state index in [1.165, 1.54) is 0 Å². The van der Waals surface area contributed by atoms with Crippen molar-refractivity contribution >= 4 is 11.6 Å². The third-order valence-corrected chi connectivity index (χ3v) is 4.28. The summed E-state index contributed by atoms with van der Waals surface area (Å²) in [5.74, 6) is 0.459. The standard InChI is InChI=1S/C16H23ClFN/c1-16(2,3)13-8-11(9-14(17)15(13)18)5-4-10-6-12(19)7-10/h8-10,12H,4-7,19H2,1-3H3. The molecule has 19 heavy (non-hydrogen) atoms. The highest BCUT2D eigenvalue weighted by molar-refractivity contribution is 6.30. The Morgan fingerprint density at radius 1 is 1.32 bits per heavy atom. The molecule has 0 amide bonds. The molecule has 0 unspecified atom stereocenters. The van der Waals surface area contributed by atoms with Gasteiger partial charge in [0.25, 0.3) is 0 Å². The zero-order valence-electron chi connectivity index (χ0n) is 12.0. The van der Waals surface area contributed by atoms with Gasteiger partial charge in [-0.25, -0.2) is 4.39 Å². The monoisotopic (exact) mass is 283 g/mol. The van der Waals surface area contributed by atoms with E-state index in [4.69, 9.17) is 17.3 Å². The van der Waals surface area contributed by atoms with Crippen LogP contribution in [0.4, 0.5) is 4.39 Å². The minimum Gasteiger partial charge on any atom is -0.328 e. The SMILES string of the molecule is CC(C)(C)c1cc(CCC2CC(N)C2)cc(Cl)c1F. The average Bonchev–Trinajstić information content (AvgIpc) is 2.25. The van der Waals surface area contributed by atoms with Gasteiger partial charge in [-0.1, -0.05) is 38.4 Å². The van der Waals surface area contributed by atoms with E-state index in [9.17, 15) is 4.39 Å². The molecule has 0 radical (unpaired) electrons. The third kappa shape index (κ3) is 3.49. The van der Waals surface area contributed by atoms with Crippen molar-refractivity contribution in [3.05, 3.63) is 34.1 Å². The molecule has 1 saturated carbocycles. The molecule has 1 aromatic rings. The van der Waals surface area contributed by atoms with Gasteiger partial charge < -0.3 is 5.73 Å². The zero-order valence-corrected chi connectivity index (χ0v) is 12.7. The van der Waals surface area contributed by atoms with Crippen LogP contribution in [0.5, 0.6) is 0 Å². The molecule has 0 aliphatic heterocycles. The largest absolute Gasteiger partial charge is 0.328 e. The molecule has 1 aliphatic rings. The van der Waals surface area contributed by atoms with Crippen LogP contribution in [0.2, 0.25) is 5.02 Å². The van der Waals surface area contributed by atoms with Crippen LogP contribution in [0.15, 0.2) is 12.1 Å². The van der Waals surface area contributed by atoms with Crippen LogP contribution in [0, 0.1) is 11.7 Å². The molecule has 0 saturated heterocycles. The maximum atomic E-state index is 14.1.